The lowest BCUT2D eigenvalue weighted by atomic mass is 9.82. The number of ether oxygens (including phenoxy) is 1. The Hall–Kier alpha value is -0.0800. The molecule has 1 aliphatic rings. The van der Waals surface area contributed by atoms with Crippen LogP contribution >= 0.6 is 0 Å². The van der Waals surface area contributed by atoms with Crippen LogP contribution in [0.5, 0.6) is 0 Å². The number of rotatable bonds is 5. The third-order valence-corrected chi connectivity index (χ3v) is 3.83. The Kier molecular flexibility index (Phi) is 5.25. The second kappa shape index (κ2) is 5.92. The van der Waals surface area contributed by atoms with Gasteiger partial charge in [-0.3, -0.25) is 0 Å². The van der Waals surface area contributed by atoms with Crippen LogP contribution in [0.15, 0.2) is 0 Å². The molecular weight excluding hydrogens is 222 g/mol. The van der Waals surface area contributed by atoms with E-state index in [9.17, 15) is 0 Å². The minimum atomic E-state index is -0.00273. The molecule has 0 spiro atoms. The van der Waals surface area contributed by atoms with Gasteiger partial charge in [0.05, 0.1) is 5.60 Å². The highest BCUT2D eigenvalue weighted by Crippen LogP contribution is 2.41. The lowest BCUT2D eigenvalue weighted by Gasteiger charge is -2.34. The Morgan fingerprint density at radius 1 is 1.00 bits per heavy atom. The van der Waals surface area contributed by atoms with Gasteiger partial charge in [-0.1, -0.05) is 12.8 Å². The fraction of sp³-hybridized carbons (Fsp3) is 1.00. The van der Waals surface area contributed by atoms with Crippen LogP contribution in [0.25, 0.3) is 0 Å². The minimum absolute atomic E-state index is 0.00273. The zero-order valence-electron chi connectivity index (χ0n) is 13.4. The van der Waals surface area contributed by atoms with Crippen LogP contribution in [0.1, 0.15) is 73.6 Å². The summed E-state index contributed by atoms with van der Waals surface area (Å²) in [5.41, 5.74) is 0.705. The van der Waals surface area contributed by atoms with Gasteiger partial charge in [-0.25, -0.2) is 0 Å². The summed E-state index contributed by atoms with van der Waals surface area (Å²) in [6.45, 7) is 15.2. The highest BCUT2D eigenvalue weighted by molar-refractivity contribution is 4.89. The molecule has 0 radical (unpaired) electrons. The first-order chi connectivity index (χ1) is 8.12. The predicted molar refractivity (Wildman–Crippen MR) is 79.0 cm³/mol. The van der Waals surface area contributed by atoms with Gasteiger partial charge in [-0.05, 0) is 66.2 Å². The molecule has 0 aromatic carbocycles. The highest BCUT2D eigenvalue weighted by atomic mass is 16.5. The summed E-state index contributed by atoms with van der Waals surface area (Å²) in [5, 5.41) is 3.70. The van der Waals surface area contributed by atoms with E-state index in [0.717, 1.165) is 13.2 Å². The quantitative estimate of drug-likeness (QED) is 0.797. The molecule has 0 aromatic rings. The SMILES string of the molecule is CC(C)(C)NCC1(CCOC(C)(C)C)CCCC1. The number of nitrogens with one attached hydrogen (secondary N) is 1. The van der Waals surface area contributed by atoms with Gasteiger partial charge >= 0.3 is 0 Å². The molecule has 0 aromatic heterocycles. The molecule has 108 valence electrons. The third-order valence-electron chi connectivity index (χ3n) is 3.83. The molecule has 0 bridgehead atoms. The van der Waals surface area contributed by atoms with Gasteiger partial charge in [-0.15, -0.1) is 0 Å². The zero-order chi connectivity index (χ0) is 13.9. The summed E-state index contributed by atoms with van der Waals surface area (Å²) in [7, 11) is 0. The normalized spacial score (nSPS) is 20.3. The van der Waals surface area contributed by atoms with Crippen LogP contribution in [0.2, 0.25) is 0 Å². The average Bonchev–Trinajstić information content (AvgIpc) is 2.61. The van der Waals surface area contributed by atoms with E-state index in [1.54, 1.807) is 0 Å². The van der Waals surface area contributed by atoms with Crippen LogP contribution < -0.4 is 5.32 Å². The van der Waals surface area contributed by atoms with Gasteiger partial charge in [0.2, 0.25) is 0 Å². The van der Waals surface area contributed by atoms with Gasteiger partial charge in [-0.2, -0.15) is 0 Å². The van der Waals surface area contributed by atoms with Crippen molar-refractivity contribution in [2.45, 2.75) is 84.8 Å². The van der Waals surface area contributed by atoms with Gasteiger partial charge in [0.25, 0.3) is 0 Å². The summed E-state index contributed by atoms with van der Waals surface area (Å²) in [6.07, 6.45) is 6.71. The molecule has 1 fully saturated rings. The maximum atomic E-state index is 5.92. The van der Waals surface area contributed by atoms with Crippen molar-refractivity contribution < 1.29 is 4.74 Å². The summed E-state index contributed by atoms with van der Waals surface area (Å²) in [5.74, 6) is 0. The molecule has 0 amide bonds. The summed E-state index contributed by atoms with van der Waals surface area (Å²) in [6, 6.07) is 0. The van der Waals surface area contributed by atoms with E-state index >= 15 is 0 Å². The van der Waals surface area contributed by atoms with E-state index in [4.69, 9.17) is 4.74 Å². The number of hydrogen-bond donors (Lipinski definition) is 1. The van der Waals surface area contributed by atoms with Gasteiger partial charge < -0.3 is 10.1 Å². The second-order valence-corrected chi connectivity index (χ2v) is 8.02. The largest absolute Gasteiger partial charge is 0.376 e. The first-order valence-corrected chi connectivity index (χ1v) is 7.51. The van der Waals surface area contributed by atoms with Gasteiger partial charge in [0.15, 0.2) is 0 Å². The molecule has 1 saturated carbocycles. The van der Waals surface area contributed by atoms with Crippen molar-refractivity contribution in [1.82, 2.24) is 5.32 Å². The maximum absolute atomic E-state index is 5.92. The van der Waals surface area contributed by atoms with Crippen LogP contribution in [0, 0.1) is 5.41 Å². The Labute approximate surface area is 114 Å². The van der Waals surface area contributed by atoms with Crippen LogP contribution in [0.4, 0.5) is 0 Å². The van der Waals surface area contributed by atoms with E-state index in [-0.39, 0.29) is 11.1 Å². The summed E-state index contributed by atoms with van der Waals surface area (Å²) < 4.78 is 5.92. The molecule has 0 atom stereocenters. The fourth-order valence-corrected chi connectivity index (χ4v) is 2.67. The van der Waals surface area contributed by atoms with Crippen molar-refractivity contribution in [3.05, 3.63) is 0 Å². The third kappa shape index (κ3) is 6.19. The topological polar surface area (TPSA) is 21.3 Å². The van der Waals surface area contributed by atoms with E-state index < -0.39 is 0 Å². The number of hydrogen-bond acceptors (Lipinski definition) is 2. The Morgan fingerprint density at radius 3 is 2.00 bits per heavy atom. The van der Waals surface area contributed by atoms with Crippen LogP contribution in [-0.4, -0.2) is 24.3 Å². The smallest absolute Gasteiger partial charge is 0.0598 e. The van der Waals surface area contributed by atoms with Crippen LogP contribution in [-0.2, 0) is 4.74 Å². The standard InChI is InChI=1S/C16H33NO/c1-14(2,3)17-13-16(9-7-8-10-16)11-12-18-15(4,5)6/h17H,7-13H2,1-6H3. The van der Waals surface area contributed by atoms with E-state index in [1.165, 1.54) is 32.1 Å². The van der Waals surface area contributed by atoms with Crippen molar-refractivity contribution >= 4 is 0 Å². The molecule has 18 heavy (non-hydrogen) atoms. The van der Waals surface area contributed by atoms with Crippen molar-refractivity contribution in [3.8, 4) is 0 Å². The molecule has 0 saturated heterocycles. The molecule has 1 rings (SSSR count). The lowest BCUT2D eigenvalue weighted by Crippen LogP contribution is -2.43. The minimum Gasteiger partial charge on any atom is -0.376 e. The molecule has 1 N–H and O–H groups in total. The lowest BCUT2D eigenvalue weighted by molar-refractivity contribution is -0.0189. The van der Waals surface area contributed by atoms with E-state index in [2.05, 4.69) is 46.9 Å². The second-order valence-electron chi connectivity index (χ2n) is 8.02. The Morgan fingerprint density at radius 2 is 1.56 bits per heavy atom. The van der Waals surface area contributed by atoms with E-state index in [0.29, 0.717) is 5.41 Å². The average molecular weight is 255 g/mol. The monoisotopic (exact) mass is 255 g/mol. The van der Waals surface area contributed by atoms with Crippen molar-refractivity contribution in [1.29, 1.82) is 0 Å². The molecule has 2 heteroatoms. The Balaban J connectivity index is 2.43. The first kappa shape index (κ1) is 16.0. The first-order valence-electron chi connectivity index (χ1n) is 7.51. The van der Waals surface area contributed by atoms with Crippen molar-refractivity contribution in [2.75, 3.05) is 13.2 Å². The predicted octanol–water partition coefficient (Wildman–Crippen LogP) is 4.14. The molecule has 0 heterocycles. The Bertz CT molecular complexity index is 241. The summed E-state index contributed by atoms with van der Waals surface area (Å²) >= 11 is 0. The van der Waals surface area contributed by atoms with Crippen molar-refractivity contribution in [3.63, 3.8) is 0 Å². The van der Waals surface area contributed by atoms with Crippen LogP contribution in [0.3, 0.4) is 0 Å². The summed E-state index contributed by atoms with van der Waals surface area (Å²) in [4.78, 5) is 0. The molecule has 0 aliphatic heterocycles. The zero-order valence-corrected chi connectivity index (χ0v) is 13.4. The highest BCUT2D eigenvalue weighted by Gasteiger charge is 2.34. The molecule has 2 nitrogen and oxygen atoms in total. The van der Waals surface area contributed by atoms with Gasteiger partial charge in [0.1, 0.15) is 0 Å². The molecular formula is C16H33NO. The fourth-order valence-electron chi connectivity index (χ4n) is 2.67. The van der Waals surface area contributed by atoms with Crippen molar-refractivity contribution in [2.24, 2.45) is 5.41 Å². The maximum Gasteiger partial charge on any atom is 0.0598 e. The molecule has 1 aliphatic carbocycles. The molecule has 0 unspecified atom stereocenters. The van der Waals surface area contributed by atoms with E-state index in [1.807, 2.05) is 0 Å². The van der Waals surface area contributed by atoms with Gasteiger partial charge in [0, 0.05) is 18.7 Å².